The highest BCUT2D eigenvalue weighted by Gasteiger charge is 2.18. The highest BCUT2D eigenvalue weighted by Crippen LogP contribution is 2.24. The summed E-state index contributed by atoms with van der Waals surface area (Å²) >= 11 is 2.93. The number of rotatable bonds is 3. The van der Waals surface area contributed by atoms with Crippen LogP contribution in [0.1, 0.15) is 11.6 Å². The van der Waals surface area contributed by atoms with Crippen LogP contribution in [0.15, 0.2) is 46.9 Å². The van der Waals surface area contributed by atoms with E-state index in [1.807, 2.05) is 0 Å². The molecule has 2 aromatic rings. The van der Waals surface area contributed by atoms with Crippen molar-refractivity contribution in [3.8, 4) is 0 Å². The molecule has 2 rings (SSSR count). The molecule has 104 valence electrons. The zero-order valence-corrected chi connectivity index (χ0v) is 11.8. The van der Waals surface area contributed by atoms with Gasteiger partial charge in [-0.2, -0.15) is 0 Å². The number of anilines is 1. The van der Waals surface area contributed by atoms with Gasteiger partial charge in [-0.3, -0.25) is 4.79 Å². The quantitative estimate of drug-likeness (QED) is 0.841. The molecule has 0 heterocycles. The van der Waals surface area contributed by atoms with Crippen LogP contribution < -0.4 is 11.1 Å². The first-order valence-electron chi connectivity index (χ1n) is 5.75. The van der Waals surface area contributed by atoms with Crippen molar-refractivity contribution in [2.75, 3.05) is 5.32 Å². The van der Waals surface area contributed by atoms with E-state index in [9.17, 15) is 13.6 Å². The molecule has 0 aliphatic rings. The van der Waals surface area contributed by atoms with Gasteiger partial charge in [-0.1, -0.05) is 30.3 Å². The molecular weight excluding hydrogens is 330 g/mol. The largest absolute Gasteiger partial charge is 0.322 e. The molecule has 3 nitrogen and oxygen atoms in total. The summed E-state index contributed by atoms with van der Waals surface area (Å²) in [5.41, 5.74) is 6.26. The van der Waals surface area contributed by atoms with Crippen LogP contribution in [0.2, 0.25) is 0 Å². The molecule has 0 radical (unpaired) electrons. The number of carbonyl (C=O) groups excluding carboxylic acids is 1. The van der Waals surface area contributed by atoms with Gasteiger partial charge in [0, 0.05) is 6.07 Å². The van der Waals surface area contributed by atoms with E-state index >= 15 is 0 Å². The van der Waals surface area contributed by atoms with Crippen molar-refractivity contribution < 1.29 is 13.6 Å². The summed E-state index contributed by atoms with van der Waals surface area (Å²) in [5.74, 6) is -2.18. The van der Waals surface area contributed by atoms with Gasteiger partial charge in [0.25, 0.3) is 0 Å². The van der Waals surface area contributed by atoms with E-state index in [4.69, 9.17) is 5.73 Å². The molecule has 0 aliphatic carbocycles. The van der Waals surface area contributed by atoms with Gasteiger partial charge in [0.2, 0.25) is 5.91 Å². The molecule has 1 unspecified atom stereocenters. The van der Waals surface area contributed by atoms with Gasteiger partial charge < -0.3 is 11.1 Å². The fourth-order valence-electron chi connectivity index (χ4n) is 1.64. The fourth-order valence-corrected chi connectivity index (χ4v) is 1.98. The van der Waals surface area contributed by atoms with Crippen LogP contribution in [-0.4, -0.2) is 5.91 Å². The Labute approximate surface area is 122 Å². The first kappa shape index (κ1) is 14.6. The van der Waals surface area contributed by atoms with Crippen molar-refractivity contribution in [2.45, 2.75) is 6.04 Å². The molecule has 20 heavy (non-hydrogen) atoms. The van der Waals surface area contributed by atoms with Gasteiger partial charge >= 0.3 is 0 Å². The van der Waals surface area contributed by atoms with Gasteiger partial charge in [-0.15, -0.1) is 0 Å². The molecule has 0 spiro atoms. The summed E-state index contributed by atoms with van der Waals surface area (Å²) in [5, 5.41) is 2.34. The lowest BCUT2D eigenvalue weighted by Crippen LogP contribution is -2.28. The first-order valence-corrected chi connectivity index (χ1v) is 6.54. The van der Waals surface area contributed by atoms with E-state index < -0.39 is 23.6 Å². The van der Waals surface area contributed by atoms with Gasteiger partial charge in [-0.05, 0) is 27.6 Å². The van der Waals surface area contributed by atoms with E-state index in [-0.39, 0.29) is 10.2 Å². The molecule has 1 atom stereocenters. The monoisotopic (exact) mass is 340 g/mol. The zero-order valence-electron chi connectivity index (χ0n) is 10.2. The first-order chi connectivity index (χ1) is 9.49. The predicted molar refractivity (Wildman–Crippen MR) is 76.1 cm³/mol. The lowest BCUT2D eigenvalue weighted by atomic mass is 10.1. The Morgan fingerprint density at radius 2 is 1.80 bits per heavy atom. The summed E-state index contributed by atoms with van der Waals surface area (Å²) in [6.07, 6.45) is 0. The fraction of sp³-hybridized carbons (Fsp3) is 0.0714. The predicted octanol–water partition coefficient (Wildman–Crippen LogP) is 3.37. The molecule has 0 aliphatic heterocycles. The van der Waals surface area contributed by atoms with Crippen molar-refractivity contribution in [2.24, 2.45) is 5.73 Å². The summed E-state index contributed by atoms with van der Waals surface area (Å²) in [4.78, 5) is 11.9. The van der Waals surface area contributed by atoms with Crippen molar-refractivity contribution in [1.29, 1.82) is 0 Å². The molecule has 6 heteroatoms. The second-order valence-electron chi connectivity index (χ2n) is 4.12. The Kier molecular flexibility index (Phi) is 4.46. The summed E-state index contributed by atoms with van der Waals surface area (Å²) in [7, 11) is 0. The molecule has 2 aromatic carbocycles. The minimum Gasteiger partial charge on any atom is -0.322 e. The maximum absolute atomic E-state index is 13.5. The lowest BCUT2D eigenvalue weighted by Gasteiger charge is -2.13. The van der Waals surface area contributed by atoms with Crippen LogP contribution in [-0.2, 0) is 4.79 Å². The topological polar surface area (TPSA) is 55.1 Å². The van der Waals surface area contributed by atoms with Crippen molar-refractivity contribution in [3.05, 3.63) is 64.1 Å². The second-order valence-corrected chi connectivity index (χ2v) is 4.98. The molecular formula is C14H11BrF2N2O. The zero-order chi connectivity index (χ0) is 14.7. The number of amides is 1. The Bertz CT molecular complexity index is 635. The number of benzene rings is 2. The number of halogens is 3. The van der Waals surface area contributed by atoms with Crippen molar-refractivity contribution >= 4 is 27.5 Å². The number of hydrogen-bond donors (Lipinski definition) is 2. The highest BCUT2D eigenvalue weighted by molar-refractivity contribution is 9.10. The summed E-state index contributed by atoms with van der Waals surface area (Å²) < 4.78 is 26.7. The maximum atomic E-state index is 13.5. The van der Waals surface area contributed by atoms with Crippen LogP contribution >= 0.6 is 15.9 Å². The van der Waals surface area contributed by atoms with Crippen LogP contribution in [0.4, 0.5) is 14.5 Å². The molecule has 0 fully saturated rings. The Hall–Kier alpha value is -1.79. The third-order valence-electron chi connectivity index (χ3n) is 2.71. The molecule has 0 saturated heterocycles. The van der Waals surface area contributed by atoms with E-state index in [2.05, 4.69) is 21.2 Å². The summed E-state index contributed by atoms with van der Waals surface area (Å²) in [6.45, 7) is 0. The van der Waals surface area contributed by atoms with E-state index in [0.29, 0.717) is 11.6 Å². The van der Waals surface area contributed by atoms with E-state index in [1.165, 1.54) is 0 Å². The molecule has 3 N–H and O–H groups in total. The average Bonchev–Trinajstić information content (AvgIpc) is 2.44. The minimum atomic E-state index is -0.931. The highest BCUT2D eigenvalue weighted by atomic mass is 79.9. The Morgan fingerprint density at radius 1 is 1.15 bits per heavy atom. The van der Waals surface area contributed by atoms with Crippen LogP contribution in [0.5, 0.6) is 0 Å². The molecule has 0 aromatic heterocycles. The maximum Gasteiger partial charge on any atom is 0.245 e. The third-order valence-corrected chi connectivity index (χ3v) is 3.32. The number of nitrogens with one attached hydrogen (secondary N) is 1. The van der Waals surface area contributed by atoms with Gasteiger partial charge in [0.1, 0.15) is 17.7 Å². The average molecular weight is 341 g/mol. The minimum absolute atomic E-state index is 0.0579. The smallest absolute Gasteiger partial charge is 0.245 e. The normalized spacial score (nSPS) is 12.0. The van der Waals surface area contributed by atoms with Crippen LogP contribution in [0.25, 0.3) is 0 Å². The number of hydrogen-bond acceptors (Lipinski definition) is 2. The van der Waals surface area contributed by atoms with Crippen LogP contribution in [0.3, 0.4) is 0 Å². The second kappa shape index (κ2) is 6.11. The van der Waals surface area contributed by atoms with Crippen molar-refractivity contribution in [3.63, 3.8) is 0 Å². The Balaban J connectivity index is 2.18. The van der Waals surface area contributed by atoms with Gasteiger partial charge in [0.05, 0.1) is 10.2 Å². The molecule has 0 saturated carbocycles. The molecule has 1 amide bonds. The SMILES string of the molecule is NC(C(=O)Nc1cc(Br)c(F)cc1F)c1ccccc1. The lowest BCUT2D eigenvalue weighted by molar-refractivity contribution is -0.117. The van der Waals surface area contributed by atoms with Crippen LogP contribution in [0, 0.1) is 11.6 Å². The number of nitrogens with two attached hydrogens (primary N) is 1. The van der Waals surface area contributed by atoms with E-state index in [1.54, 1.807) is 30.3 Å². The van der Waals surface area contributed by atoms with Gasteiger partial charge in [0.15, 0.2) is 0 Å². The van der Waals surface area contributed by atoms with Crippen molar-refractivity contribution in [1.82, 2.24) is 0 Å². The number of carbonyl (C=O) groups is 1. The molecule has 0 bridgehead atoms. The standard InChI is InChI=1S/C14H11BrF2N2O/c15-9-6-12(11(17)7-10(9)16)19-14(20)13(18)8-4-2-1-3-5-8/h1-7,13H,18H2,(H,19,20). The van der Waals surface area contributed by atoms with E-state index in [0.717, 1.165) is 6.07 Å². The van der Waals surface area contributed by atoms with Gasteiger partial charge in [-0.25, -0.2) is 8.78 Å². The third kappa shape index (κ3) is 3.20. The Morgan fingerprint density at radius 3 is 2.45 bits per heavy atom. The summed E-state index contributed by atoms with van der Waals surface area (Å²) in [6, 6.07) is 9.59.